The van der Waals surface area contributed by atoms with Crippen molar-refractivity contribution in [1.82, 2.24) is 10.6 Å². The number of amides is 2. The molecule has 0 saturated carbocycles. The van der Waals surface area contributed by atoms with Crippen molar-refractivity contribution in [2.24, 2.45) is 0 Å². The molecule has 1 aliphatic rings. The van der Waals surface area contributed by atoms with Gasteiger partial charge in [0.15, 0.2) is 6.29 Å². The number of unbranched alkanes of at least 4 members (excludes halogenated alkanes) is 13. The van der Waals surface area contributed by atoms with E-state index in [0.29, 0.717) is 12.8 Å². The summed E-state index contributed by atoms with van der Waals surface area (Å²) in [5.74, 6) is -0.135. The van der Waals surface area contributed by atoms with E-state index in [4.69, 9.17) is 9.47 Å². The van der Waals surface area contributed by atoms with Crippen LogP contribution in [-0.2, 0) is 19.1 Å². The van der Waals surface area contributed by atoms with Crippen molar-refractivity contribution >= 4 is 11.8 Å². The first kappa shape index (κ1) is 41.6. The molecule has 1 aliphatic heterocycles. The molecule has 12 heteroatoms. The van der Waals surface area contributed by atoms with Crippen molar-refractivity contribution in [2.75, 3.05) is 19.8 Å². The highest BCUT2D eigenvalue weighted by molar-refractivity contribution is 5.76. The summed E-state index contributed by atoms with van der Waals surface area (Å²) >= 11 is 0. The Morgan fingerprint density at radius 1 is 0.733 bits per heavy atom. The molecule has 1 heterocycles. The van der Waals surface area contributed by atoms with Crippen LogP contribution in [0.2, 0.25) is 0 Å². The molecule has 0 radical (unpaired) electrons. The van der Waals surface area contributed by atoms with Crippen molar-refractivity contribution in [2.45, 2.75) is 178 Å². The molecule has 0 aromatic carbocycles. The summed E-state index contributed by atoms with van der Waals surface area (Å²) in [4.78, 5) is 24.5. The number of nitrogens with one attached hydrogen (secondary N) is 2. The summed E-state index contributed by atoms with van der Waals surface area (Å²) in [5, 5.41) is 65.9. The maximum absolute atomic E-state index is 12.6. The maximum Gasteiger partial charge on any atom is 0.220 e. The average molecular weight is 649 g/mol. The molecule has 1 fully saturated rings. The number of hydrogen-bond acceptors (Lipinski definition) is 10. The number of hydrogen-bond donors (Lipinski definition) is 8. The Bertz CT molecular complexity index is 759. The van der Waals surface area contributed by atoms with E-state index in [1.807, 2.05) is 0 Å². The number of carbonyl (C=O) groups excluding carboxylic acids is 2. The molecule has 1 saturated heterocycles. The lowest BCUT2D eigenvalue weighted by Crippen LogP contribution is -2.60. The van der Waals surface area contributed by atoms with Gasteiger partial charge >= 0.3 is 0 Å². The van der Waals surface area contributed by atoms with Gasteiger partial charge in [-0.2, -0.15) is 0 Å². The zero-order valence-electron chi connectivity index (χ0n) is 27.8. The smallest absolute Gasteiger partial charge is 0.220 e. The summed E-state index contributed by atoms with van der Waals surface area (Å²) in [6.45, 7) is 3.70. The Morgan fingerprint density at radius 2 is 1.27 bits per heavy atom. The fourth-order valence-electron chi connectivity index (χ4n) is 5.45. The molecule has 0 aromatic rings. The number of aliphatic hydroxyl groups is 6. The normalized spacial score (nSPS) is 23.8. The molecular formula is C33H64N2O10. The summed E-state index contributed by atoms with van der Waals surface area (Å²) in [5.41, 5.74) is 0. The lowest BCUT2D eigenvalue weighted by Gasteiger charge is -2.40. The van der Waals surface area contributed by atoms with E-state index in [9.17, 15) is 40.2 Å². The van der Waals surface area contributed by atoms with E-state index in [2.05, 4.69) is 17.6 Å². The number of aliphatic hydroxyl groups excluding tert-OH is 6. The predicted molar refractivity (Wildman–Crippen MR) is 171 cm³/mol. The molecule has 0 aromatic heterocycles. The second kappa shape index (κ2) is 25.7. The van der Waals surface area contributed by atoms with Crippen LogP contribution >= 0.6 is 0 Å². The van der Waals surface area contributed by atoms with Crippen LogP contribution in [0, 0.1) is 0 Å². The molecule has 2 amide bonds. The third-order valence-electron chi connectivity index (χ3n) is 8.52. The molecule has 1 rings (SSSR count). The molecule has 0 bridgehead atoms. The van der Waals surface area contributed by atoms with Crippen LogP contribution in [0.1, 0.15) is 129 Å². The van der Waals surface area contributed by atoms with Crippen LogP contribution in [0.5, 0.6) is 0 Å². The Hall–Kier alpha value is -1.38. The first-order valence-corrected chi connectivity index (χ1v) is 17.5. The first-order chi connectivity index (χ1) is 21.7. The summed E-state index contributed by atoms with van der Waals surface area (Å²) < 4.78 is 10.8. The van der Waals surface area contributed by atoms with Crippen LogP contribution in [-0.4, -0.2) is 111 Å². The van der Waals surface area contributed by atoms with Gasteiger partial charge in [0.25, 0.3) is 0 Å². The SMILES string of the molecule is CCCCCCCCC(=O)NCCCCCCCCCCCC(=O)N[C@@H](CO[C@H]1OC(CO)[C@H](O)[C@H](O)C1O)[C@H](O)[C@H](O)CC. The number of carbonyl (C=O) groups is 2. The van der Waals surface area contributed by atoms with Gasteiger partial charge in [-0.3, -0.25) is 9.59 Å². The van der Waals surface area contributed by atoms with Gasteiger partial charge in [0.1, 0.15) is 30.5 Å². The van der Waals surface area contributed by atoms with Crippen LogP contribution in [0.3, 0.4) is 0 Å². The van der Waals surface area contributed by atoms with Gasteiger partial charge in [0, 0.05) is 19.4 Å². The molecule has 8 atom stereocenters. The van der Waals surface area contributed by atoms with Gasteiger partial charge in [-0.05, 0) is 25.7 Å². The van der Waals surface area contributed by atoms with Gasteiger partial charge in [-0.25, -0.2) is 0 Å². The highest BCUT2D eigenvalue weighted by Gasteiger charge is 2.44. The highest BCUT2D eigenvalue weighted by atomic mass is 16.7. The summed E-state index contributed by atoms with van der Waals surface area (Å²) in [6.07, 6.45) is 7.71. The average Bonchev–Trinajstić information content (AvgIpc) is 3.03. The fourth-order valence-corrected chi connectivity index (χ4v) is 5.45. The Labute approximate surface area is 270 Å². The van der Waals surface area contributed by atoms with E-state index < -0.39 is 55.6 Å². The van der Waals surface area contributed by atoms with Gasteiger partial charge < -0.3 is 50.7 Å². The first-order valence-electron chi connectivity index (χ1n) is 17.5. The molecule has 12 nitrogen and oxygen atoms in total. The van der Waals surface area contributed by atoms with Crippen LogP contribution in [0.25, 0.3) is 0 Å². The summed E-state index contributed by atoms with van der Waals surface area (Å²) in [7, 11) is 0. The molecule has 2 unspecified atom stereocenters. The van der Waals surface area contributed by atoms with Crippen LogP contribution in [0.15, 0.2) is 0 Å². The zero-order chi connectivity index (χ0) is 33.5. The van der Waals surface area contributed by atoms with Crippen molar-refractivity contribution < 1.29 is 49.7 Å². The standard InChI is InChI=1S/C33H64N2O10/c1-3-5-6-7-13-16-19-27(38)34-21-18-15-12-10-8-9-11-14-17-20-28(39)35-24(29(40)25(37)4-2)23-44-33-32(43)31(42)30(41)26(22-36)45-33/h24-26,29-33,36-37,40-43H,3-23H2,1-2H3,(H,34,38)(H,35,39)/t24-,25+,26?,29-,30-,31-,32?,33-/m0/s1. The third-order valence-corrected chi connectivity index (χ3v) is 8.52. The monoisotopic (exact) mass is 648 g/mol. The van der Waals surface area contributed by atoms with E-state index in [1.165, 1.54) is 25.7 Å². The highest BCUT2D eigenvalue weighted by Crippen LogP contribution is 2.22. The molecular weight excluding hydrogens is 584 g/mol. The van der Waals surface area contributed by atoms with Crippen molar-refractivity contribution in [3.8, 4) is 0 Å². The minimum Gasteiger partial charge on any atom is -0.394 e. The summed E-state index contributed by atoms with van der Waals surface area (Å²) in [6, 6.07) is -1.01. The molecule has 266 valence electrons. The fraction of sp³-hybridized carbons (Fsp3) is 0.939. The molecule has 8 N–H and O–H groups in total. The lowest BCUT2D eigenvalue weighted by atomic mass is 9.99. The van der Waals surface area contributed by atoms with Crippen molar-refractivity contribution in [1.29, 1.82) is 0 Å². The number of ether oxygens (including phenoxy) is 2. The van der Waals surface area contributed by atoms with Gasteiger partial charge in [0.05, 0.1) is 25.4 Å². The second-order valence-corrected chi connectivity index (χ2v) is 12.5. The topological polar surface area (TPSA) is 198 Å². The largest absolute Gasteiger partial charge is 0.394 e. The minimum absolute atomic E-state index is 0.172. The van der Waals surface area contributed by atoms with E-state index in [1.54, 1.807) is 6.92 Å². The lowest BCUT2D eigenvalue weighted by molar-refractivity contribution is -0.303. The van der Waals surface area contributed by atoms with Crippen molar-refractivity contribution in [3.05, 3.63) is 0 Å². The van der Waals surface area contributed by atoms with E-state index in [-0.39, 0.29) is 31.3 Å². The van der Waals surface area contributed by atoms with E-state index >= 15 is 0 Å². The maximum atomic E-state index is 12.6. The molecule has 45 heavy (non-hydrogen) atoms. The predicted octanol–water partition coefficient (Wildman–Crippen LogP) is 2.19. The third kappa shape index (κ3) is 17.9. The van der Waals surface area contributed by atoms with Crippen molar-refractivity contribution in [3.63, 3.8) is 0 Å². The van der Waals surface area contributed by atoms with Crippen LogP contribution in [0.4, 0.5) is 0 Å². The quantitative estimate of drug-likeness (QED) is 0.0611. The van der Waals surface area contributed by atoms with Crippen LogP contribution < -0.4 is 10.6 Å². The Morgan fingerprint density at radius 3 is 1.82 bits per heavy atom. The molecule has 0 spiro atoms. The zero-order valence-corrected chi connectivity index (χ0v) is 27.8. The van der Waals surface area contributed by atoms with Gasteiger partial charge in [-0.15, -0.1) is 0 Å². The second-order valence-electron chi connectivity index (χ2n) is 12.5. The molecule has 0 aliphatic carbocycles. The Balaban J connectivity index is 2.18. The van der Waals surface area contributed by atoms with Gasteiger partial charge in [0.2, 0.25) is 11.8 Å². The van der Waals surface area contributed by atoms with E-state index in [0.717, 1.165) is 70.8 Å². The minimum atomic E-state index is -1.61. The van der Waals surface area contributed by atoms with Gasteiger partial charge in [-0.1, -0.05) is 90.9 Å². The number of rotatable bonds is 27. The Kier molecular flexibility index (Phi) is 23.8.